The fourth-order valence-electron chi connectivity index (χ4n) is 1.62. The fourth-order valence-corrected chi connectivity index (χ4v) is 1.62. The minimum absolute atomic E-state index is 0.266. The van der Waals surface area contributed by atoms with Gasteiger partial charge in [-0.05, 0) is 23.8 Å². The number of nitrogen functional groups attached to an aromatic ring is 1. The lowest BCUT2D eigenvalue weighted by Gasteiger charge is -2.13. The van der Waals surface area contributed by atoms with Crippen LogP contribution < -0.4 is 5.73 Å². The number of rotatable bonds is 2. The molecule has 1 unspecified atom stereocenters. The number of para-hydroxylation sites is 1. The Labute approximate surface area is 97.3 Å². The summed E-state index contributed by atoms with van der Waals surface area (Å²) < 4.78 is 25.8. The van der Waals surface area contributed by atoms with Crippen molar-refractivity contribution in [2.45, 2.75) is 6.10 Å². The fraction of sp³-hybridized carbons (Fsp3) is 0.0769. The molecule has 0 aliphatic carbocycles. The van der Waals surface area contributed by atoms with Crippen molar-refractivity contribution < 1.29 is 13.9 Å². The van der Waals surface area contributed by atoms with Gasteiger partial charge in [-0.15, -0.1) is 0 Å². The van der Waals surface area contributed by atoms with Gasteiger partial charge in [-0.1, -0.05) is 24.3 Å². The van der Waals surface area contributed by atoms with Crippen molar-refractivity contribution in [1.82, 2.24) is 0 Å². The first-order valence-corrected chi connectivity index (χ1v) is 5.07. The van der Waals surface area contributed by atoms with Gasteiger partial charge < -0.3 is 10.8 Å². The summed E-state index contributed by atoms with van der Waals surface area (Å²) in [5, 5.41) is 10.0. The van der Waals surface area contributed by atoms with Crippen LogP contribution >= 0.6 is 0 Å². The number of hydrogen-bond donors (Lipinski definition) is 2. The van der Waals surface area contributed by atoms with E-state index in [1.165, 1.54) is 6.07 Å². The Hall–Kier alpha value is -1.94. The van der Waals surface area contributed by atoms with Crippen molar-refractivity contribution in [2.75, 3.05) is 5.73 Å². The van der Waals surface area contributed by atoms with Gasteiger partial charge in [-0.25, -0.2) is 8.78 Å². The topological polar surface area (TPSA) is 46.2 Å². The molecule has 2 aromatic rings. The van der Waals surface area contributed by atoms with E-state index >= 15 is 0 Å². The number of aliphatic hydroxyl groups excluding tert-OH is 1. The van der Waals surface area contributed by atoms with Crippen LogP contribution in [0.2, 0.25) is 0 Å². The minimum atomic E-state index is -1.06. The molecule has 0 bridgehead atoms. The molecule has 1 atom stereocenters. The Morgan fingerprint density at radius 2 is 1.71 bits per heavy atom. The van der Waals surface area contributed by atoms with Crippen LogP contribution in [0.25, 0.3) is 0 Å². The van der Waals surface area contributed by atoms with E-state index in [0.717, 1.165) is 12.1 Å². The zero-order valence-corrected chi connectivity index (χ0v) is 8.90. The molecule has 2 nitrogen and oxygen atoms in total. The van der Waals surface area contributed by atoms with Crippen molar-refractivity contribution in [3.05, 3.63) is 65.2 Å². The Balaban J connectivity index is 2.40. The molecule has 0 fully saturated rings. The molecule has 2 rings (SSSR count). The lowest BCUT2D eigenvalue weighted by atomic mass is 10.00. The predicted molar refractivity (Wildman–Crippen MR) is 61.3 cm³/mol. The standard InChI is InChI=1S/C13H11F2NO/c14-10-6-5-8(7-11(10)15)13(17)9-3-1-2-4-12(9)16/h1-7,13,17H,16H2. The summed E-state index contributed by atoms with van der Waals surface area (Å²) in [5.41, 5.74) is 6.84. The summed E-state index contributed by atoms with van der Waals surface area (Å²) in [6, 6.07) is 10.0. The quantitative estimate of drug-likeness (QED) is 0.786. The van der Waals surface area contributed by atoms with E-state index in [0.29, 0.717) is 11.3 Å². The van der Waals surface area contributed by atoms with Gasteiger partial charge in [-0.2, -0.15) is 0 Å². The Bertz CT molecular complexity index is 543. The summed E-state index contributed by atoms with van der Waals surface area (Å²) >= 11 is 0. The van der Waals surface area contributed by atoms with Crippen LogP contribution in [0.3, 0.4) is 0 Å². The number of hydrogen-bond acceptors (Lipinski definition) is 2. The highest BCUT2D eigenvalue weighted by Crippen LogP contribution is 2.27. The van der Waals surface area contributed by atoms with E-state index in [9.17, 15) is 13.9 Å². The molecule has 0 saturated heterocycles. The van der Waals surface area contributed by atoms with Gasteiger partial charge in [0.2, 0.25) is 0 Å². The summed E-state index contributed by atoms with van der Waals surface area (Å²) in [5.74, 6) is -1.93. The number of aliphatic hydroxyl groups is 1. The van der Waals surface area contributed by atoms with Crippen molar-refractivity contribution >= 4 is 5.69 Å². The average molecular weight is 235 g/mol. The van der Waals surface area contributed by atoms with Crippen molar-refractivity contribution in [3.63, 3.8) is 0 Å². The molecular weight excluding hydrogens is 224 g/mol. The third kappa shape index (κ3) is 2.26. The maximum absolute atomic E-state index is 13.0. The second-order valence-corrected chi connectivity index (χ2v) is 3.70. The first-order valence-electron chi connectivity index (χ1n) is 5.07. The van der Waals surface area contributed by atoms with E-state index in [1.807, 2.05) is 0 Å². The Morgan fingerprint density at radius 1 is 1.00 bits per heavy atom. The Kier molecular flexibility index (Phi) is 3.06. The van der Waals surface area contributed by atoms with E-state index in [2.05, 4.69) is 0 Å². The van der Waals surface area contributed by atoms with Gasteiger partial charge in [0.1, 0.15) is 6.10 Å². The summed E-state index contributed by atoms with van der Waals surface area (Å²) in [4.78, 5) is 0. The van der Waals surface area contributed by atoms with Crippen LogP contribution in [0.5, 0.6) is 0 Å². The highest BCUT2D eigenvalue weighted by Gasteiger charge is 2.14. The molecule has 0 aliphatic rings. The second kappa shape index (κ2) is 4.51. The maximum atomic E-state index is 13.0. The summed E-state index contributed by atoms with van der Waals surface area (Å²) in [7, 11) is 0. The molecule has 4 heteroatoms. The highest BCUT2D eigenvalue weighted by atomic mass is 19.2. The van der Waals surface area contributed by atoms with Gasteiger partial charge in [0.05, 0.1) is 0 Å². The molecule has 3 N–H and O–H groups in total. The summed E-state index contributed by atoms with van der Waals surface area (Å²) in [6.07, 6.45) is -1.06. The zero-order chi connectivity index (χ0) is 12.4. The number of anilines is 1. The van der Waals surface area contributed by atoms with Crippen LogP contribution in [0.15, 0.2) is 42.5 Å². The third-order valence-corrected chi connectivity index (χ3v) is 2.55. The highest BCUT2D eigenvalue weighted by molar-refractivity contribution is 5.50. The van der Waals surface area contributed by atoms with Crippen LogP contribution in [-0.2, 0) is 0 Å². The predicted octanol–water partition coefficient (Wildman–Crippen LogP) is 2.63. The van der Waals surface area contributed by atoms with Gasteiger partial charge in [0.25, 0.3) is 0 Å². The molecule has 0 saturated carbocycles. The first kappa shape index (κ1) is 11.5. The number of halogens is 2. The zero-order valence-electron chi connectivity index (χ0n) is 8.90. The smallest absolute Gasteiger partial charge is 0.159 e. The van der Waals surface area contributed by atoms with E-state index in [-0.39, 0.29) is 5.56 Å². The van der Waals surface area contributed by atoms with Crippen LogP contribution in [0.1, 0.15) is 17.2 Å². The van der Waals surface area contributed by atoms with Crippen LogP contribution in [-0.4, -0.2) is 5.11 Å². The van der Waals surface area contributed by atoms with Gasteiger partial charge in [0, 0.05) is 11.3 Å². The average Bonchev–Trinajstić information content (AvgIpc) is 2.32. The molecular formula is C13H11F2NO. The number of nitrogens with two attached hydrogens (primary N) is 1. The largest absolute Gasteiger partial charge is 0.398 e. The molecule has 88 valence electrons. The van der Waals surface area contributed by atoms with E-state index in [1.54, 1.807) is 24.3 Å². The third-order valence-electron chi connectivity index (χ3n) is 2.55. The summed E-state index contributed by atoms with van der Waals surface area (Å²) in [6.45, 7) is 0. The molecule has 17 heavy (non-hydrogen) atoms. The van der Waals surface area contributed by atoms with E-state index in [4.69, 9.17) is 5.73 Å². The SMILES string of the molecule is Nc1ccccc1C(O)c1ccc(F)c(F)c1. The number of benzene rings is 2. The second-order valence-electron chi connectivity index (χ2n) is 3.70. The molecule has 0 radical (unpaired) electrons. The van der Waals surface area contributed by atoms with Crippen molar-refractivity contribution in [3.8, 4) is 0 Å². The van der Waals surface area contributed by atoms with Crippen LogP contribution in [0.4, 0.5) is 14.5 Å². The molecule has 0 heterocycles. The van der Waals surface area contributed by atoms with Gasteiger partial charge in [-0.3, -0.25) is 0 Å². The normalized spacial score (nSPS) is 12.4. The molecule has 0 aliphatic heterocycles. The lowest BCUT2D eigenvalue weighted by Crippen LogP contribution is -2.04. The molecule has 0 aromatic heterocycles. The Morgan fingerprint density at radius 3 is 2.35 bits per heavy atom. The van der Waals surface area contributed by atoms with Crippen molar-refractivity contribution in [1.29, 1.82) is 0 Å². The molecule has 0 amide bonds. The first-order chi connectivity index (χ1) is 8.09. The molecule has 2 aromatic carbocycles. The van der Waals surface area contributed by atoms with Gasteiger partial charge >= 0.3 is 0 Å². The maximum Gasteiger partial charge on any atom is 0.159 e. The molecule has 0 spiro atoms. The van der Waals surface area contributed by atoms with Crippen LogP contribution in [0, 0.1) is 11.6 Å². The minimum Gasteiger partial charge on any atom is -0.398 e. The van der Waals surface area contributed by atoms with Crippen molar-refractivity contribution in [2.24, 2.45) is 0 Å². The lowest BCUT2D eigenvalue weighted by molar-refractivity contribution is 0.220. The van der Waals surface area contributed by atoms with Gasteiger partial charge in [0.15, 0.2) is 11.6 Å². The van der Waals surface area contributed by atoms with E-state index < -0.39 is 17.7 Å². The monoisotopic (exact) mass is 235 g/mol.